The second-order valence-corrected chi connectivity index (χ2v) is 6.01. The van der Waals surface area contributed by atoms with Gasteiger partial charge in [0, 0.05) is 17.8 Å². The fraction of sp³-hybridized carbons (Fsp3) is 0.286. The van der Waals surface area contributed by atoms with Crippen LogP contribution in [0.15, 0.2) is 48.5 Å². The van der Waals surface area contributed by atoms with E-state index in [0.717, 1.165) is 5.56 Å². The Morgan fingerprint density at radius 2 is 1.82 bits per heavy atom. The van der Waals surface area contributed by atoms with Crippen LogP contribution in [0.5, 0.6) is 5.75 Å². The molecule has 0 unspecified atom stereocenters. The SMILES string of the molecule is CCNC(=O)c1cccc(NC(=O)COC(=O)CCOc2ccccc2C)c1. The lowest BCUT2D eigenvalue weighted by Crippen LogP contribution is -2.24. The van der Waals surface area contributed by atoms with Gasteiger partial charge in [0.1, 0.15) is 5.75 Å². The van der Waals surface area contributed by atoms with Crippen molar-refractivity contribution in [1.82, 2.24) is 5.32 Å². The van der Waals surface area contributed by atoms with E-state index in [4.69, 9.17) is 9.47 Å². The van der Waals surface area contributed by atoms with E-state index in [1.165, 1.54) is 0 Å². The number of rotatable bonds is 9. The van der Waals surface area contributed by atoms with Gasteiger partial charge in [-0.05, 0) is 43.7 Å². The summed E-state index contributed by atoms with van der Waals surface area (Å²) in [4.78, 5) is 35.5. The number of esters is 1. The van der Waals surface area contributed by atoms with Crippen LogP contribution < -0.4 is 15.4 Å². The van der Waals surface area contributed by atoms with Crippen LogP contribution in [0.3, 0.4) is 0 Å². The first kappa shape index (κ1) is 21.0. The average molecular weight is 384 g/mol. The van der Waals surface area contributed by atoms with Crippen molar-refractivity contribution < 1.29 is 23.9 Å². The number of benzene rings is 2. The van der Waals surface area contributed by atoms with E-state index in [1.54, 1.807) is 24.3 Å². The third-order valence-corrected chi connectivity index (χ3v) is 3.77. The molecule has 0 spiro atoms. The second kappa shape index (κ2) is 10.7. The molecule has 7 nitrogen and oxygen atoms in total. The minimum absolute atomic E-state index is 0.0360. The number of anilines is 1. The molecule has 0 heterocycles. The molecule has 0 aliphatic rings. The van der Waals surface area contributed by atoms with Crippen molar-refractivity contribution in [2.24, 2.45) is 0 Å². The summed E-state index contributed by atoms with van der Waals surface area (Å²) in [7, 11) is 0. The van der Waals surface area contributed by atoms with E-state index < -0.39 is 18.5 Å². The van der Waals surface area contributed by atoms with Crippen LogP contribution in [0.1, 0.15) is 29.3 Å². The van der Waals surface area contributed by atoms with Crippen LogP contribution in [0, 0.1) is 6.92 Å². The quantitative estimate of drug-likeness (QED) is 0.649. The van der Waals surface area contributed by atoms with Gasteiger partial charge in [-0.25, -0.2) is 0 Å². The molecule has 7 heteroatoms. The summed E-state index contributed by atoms with van der Waals surface area (Å²) in [6.45, 7) is 4.01. The second-order valence-electron chi connectivity index (χ2n) is 6.01. The van der Waals surface area contributed by atoms with E-state index >= 15 is 0 Å². The first-order valence-electron chi connectivity index (χ1n) is 9.01. The highest BCUT2D eigenvalue weighted by atomic mass is 16.5. The van der Waals surface area contributed by atoms with Crippen LogP contribution in [0.4, 0.5) is 5.69 Å². The van der Waals surface area contributed by atoms with Crippen LogP contribution in [-0.2, 0) is 14.3 Å². The zero-order valence-electron chi connectivity index (χ0n) is 16.0. The van der Waals surface area contributed by atoms with Gasteiger partial charge in [0.25, 0.3) is 11.8 Å². The van der Waals surface area contributed by atoms with Gasteiger partial charge in [-0.15, -0.1) is 0 Å². The van der Waals surface area contributed by atoms with Crippen LogP contribution >= 0.6 is 0 Å². The monoisotopic (exact) mass is 384 g/mol. The summed E-state index contributed by atoms with van der Waals surface area (Å²) in [6.07, 6.45) is 0.0360. The smallest absolute Gasteiger partial charge is 0.309 e. The minimum Gasteiger partial charge on any atom is -0.493 e. The van der Waals surface area contributed by atoms with E-state index in [-0.39, 0.29) is 18.9 Å². The molecule has 0 aromatic heterocycles. The van der Waals surface area contributed by atoms with Gasteiger partial charge in [-0.3, -0.25) is 14.4 Å². The third-order valence-electron chi connectivity index (χ3n) is 3.77. The molecule has 0 aliphatic heterocycles. The summed E-state index contributed by atoms with van der Waals surface area (Å²) in [5, 5.41) is 5.28. The Kier molecular flexibility index (Phi) is 8.02. The number of amides is 2. The minimum atomic E-state index is -0.528. The van der Waals surface area contributed by atoms with Crippen LogP contribution in [0.2, 0.25) is 0 Å². The average Bonchev–Trinajstić information content (AvgIpc) is 2.68. The molecule has 2 aromatic carbocycles. The molecule has 0 saturated carbocycles. The molecular weight excluding hydrogens is 360 g/mol. The first-order valence-corrected chi connectivity index (χ1v) is 9.01. The Morgan fingerprint density at radius 1 is 1.04 bits per heavy atom. The standard InChI is InChI=1S/C21H24N2O5/c1-3-22-21(26)16-8-6-9-17(13-16)23-19(24)14-28-20(25)11-12-27-18-10-5-4-7-15(18)2/h4-10,13H,3,11-12,14H2,1-2H3,(H,22,26)(H,23,24). The zero-order chi connectivity index (χ0) is 20.4. The van der Waals surface area contributed by atoms with Crippen LogP contribution in [0.25, 0.3) is 0 Å². The Labute approximate surface area is 164 Å². The number of hydrogen-bond acceptors (Lipinski definition) is 5. The topological polar surface area (TPSA) is 93.7 Å². The summed E-state index contributed by atoms with van der Waals surface area (Å²) in [5.41, 5.74) is 1.86. The van der Waals surface area contributed by atoms with E-state index in [9.17, 15) is 14.4 Å². The maximum Gasteiger partial charge on any atom is 0.309 e. The molecular formula is C21H24N2O5. The number of para-hydroxylation sites is 1. The fourth-order valence-corrected chi connectivity index (χ4v) is 2.38. The Hall–Kier alpha value is -3.35. The highest BCUT2D eigenvalue weighted by Crippen LogP contribution is 2.16. The van der Waals surface area contributed by atoms with Gasteiger partial charge < -0.3 is 20.1 Å². The summed E-state index contributed by atoms with van der Waals surface area (Å²) in [6, 6.07) is 14.0. The van der Waals surface area contributed by atoms with E-state index in [1.807, 2.05) is 38.1 Å². The molecule has 0 radical (unpaired) electrons. The Bertz CT molecular complexity index is 835. The third kappa shape index (κ3) is 6.75. The molecule has 2 aromatic rings. The Balaban J connectivity index is 1.73. The normalized spacial score (nSPS) is 10.1. The highest BCUT2D eigenvalue weighted by Gasteiger charge is 2.10. The Morgan fingerprint density at radius 3 is 2.57 bits per heavy atom. The maximum atomic E-state index is 11.9. The predicted molar refractivity (Wildman–Crippen MR) is 105 cm³/mol. The fourth-order valence-electron chi connectivity index (χ4n) is 2.38. The van der Waals surface area contributed by atoms with Crippen molar-refractivity contribution in [3.05, 3.63) is 59.7 Å². The van der Waals surface area contributed by atoms with Gasteiger partial charge in [-0.1, -0.05) is 24.3 Å². The largest absolute Gasteiger partial charge is 0.493 e. The molecule has 0 fully saturated rings. The number of nitrogens with one attached hydrogen (secondary N) is 2. The van der Waals surface area contributed by atoms with Gasteiger partial charge >= 0.3 is 5.97 Å². The summed E-state index contributed by atoms with van der Waals surface area (Å²) in [5.74, 6) is -0.528. The number of aryl methyl sites for hydroxylation is 1. The van der Waals surface area contributed by atoms with Crippen molar-refractivity contribution in [1.29, 1.82) is 0 Å². The zero-order valence-corrected chi connectivity index (χ0v) is 16.0. The molecule has 2 rings (SSSR count). The lowest BCUT2D eigenvalue weighted by Gasteiger charge is -2.10. The highest BCUT2D eigenvalue weighted by molar-refractivity contribution is 5.97. The summed E-state index contributed by atoms with van der Waals surface area (Å²) < 4.78 is 10.5. The van der Waals surface area contributed by atoms with Crippen LogP contribution in [-0.4, -0.2) is 37.5 Å². The van der Waals surface area contributed by atoms with Crippen molar-refractivity contribution in [3.8, 4) is 5.75 Å². The van der Waals surface area contributed by atoms with E-state index in [0.29, 0.717) is 23.5 Å². The van der Waals surface area contributed by atoms with Crippen molar-refractivity contribution >= 4 is 23.5 Å². The lowest BCUT2D eigenvalue weighted by atomic mass is 10.2. The van der Waals surface area contributed by atoms with Crippen molar-refractivity contribution in [2.45, 2.75) is 20.3 Å². The molecule has 0 atom stereocenters. The summed E-state index contributed by atoms with van der Waals surface area (Å²) >= 11 is 0. The van der Waals surface area contributed by atoms with Gasteiger partial charge in [0.2, 0.25) is 0 Å². The maximum absolute atomic E-state index is 11.9. The predicted octanol–water partition coefficient (Wildman–Crippen LogP) is 2.70. The molecule has 0 bridgehead atoms. The van der Waals surface area contributed by atoms with Crippen molar-refractivity contribution in [2.75, 3.05) is 25.1 Å². The van der Waals surface area contributed by atoms with Gasteiger partial charge in [-0.2, -0.15) is 0 Å². The molecule has 148 valence electrons. The van der Waals surface area contributed by atoms with Gasteiger partial charge in [0.15, 0.2) is 6.61 Å². The molecule has 28 heavy (non-hydrogen) atoms. The molecule has 0 aliphatic carbocycles. The molecule has 2 amide bonds. The lowest BCUT2D eigenvalue weighted by molar-refractivity contribution is -0.147. The number of carbonyl (C=O) groups excluding carboxylic acids is 3. The van der Waals surface area contributed by atoms with E-state index in [2.05, 4.69) is 10.6 Å². The van der Waals surface area contributed by atoms with Crippen molar-refractivity contribution in [3.63, 3.8) is 0 Å². The molecule has 2 N–H and O–H groups in total. The molecule has 0 saturated heterocycles. The number of hydrogen-bond donors (Lipinski definition) is 2. The first-order chi connectivity index (χ1) is 13.5. The number of carbonyl (C=O) groups is 3. The number of ether oxygens (including phenoxy) is 2. The van der Waals surface area contributed by atoms with Gasteiger partial charge in [0.05, 0.1) is 13.0 Å².